The third-order valence-electron chi connectivity index (χ3n) is 4.25. The maximum absolute atomic E-state index is 12.9. The Hall–Kier alpha value is -1.90. The number of nitrogens with one attached hydrogen (secondary N) is 1. The van der Waals surface area contributed by atoms with Crippen molar-refractivity contribution >= 4 is 25.7 Å². The largest absolute Gasteiger partial charge is 0.273 e. The van der Waals surface area contributed by atoms with Crippen LogP contribution in [-0.2, 0) is 26.6 Å². The van der Waals surface area contributed by atoms with Gasteiger partial charge in [-0.05, 0) is 43.0 Å². The van der Waals surface area contributed by atoms with E-state index in [1.165, 1.54) is 7.05 Å². The highest BCUT2D eigenvalue weighted by Gasteiger charge is 2.26. The minimum atomic E-state index is -3.81. The number of sulfonamides is 2. The summed E-state index contributed by atoms with van der Waals surface area (Å²) in [5.41, 5.74) is 2.92. The predicted molar refractivity (Wildman–Crippen MR) is 104 cm³/mol. The van der Waals surface area contributed by atoms with Gasteiger partial charge in [-0.1, -0.05) is 36.4 Å². The van der Waals surface area contributed by atoms with Crippen LogP contribution < -0.4 is 9.03 Å². The normalized spacial score (nSPS) is 12.2. The van der Waals surface area contributed by atoms with Crippen molar-refractivity contribution in [2.45, 2.75) is 32.2 Å². The molecule has 0 fully saturated rings. The highest BCUT2D eigenvalue weighted by molar-refractivity contribution is 7.92. The number of nitrogens with zero attached hydrogens (tertiary/aromatic N) is 1. The molecule has 0 saturated carbocycles. The summed E-state index contributed by atoms with van der Waals surface area (Å²) in [5.74, 6) is 0. The average molecular weight is 397 g/mol. The van der Waals surface area contributed by atoms with E-state index in [9.17, 15) is 16.8 Å². The van der Waals surface area contributed by atoms with E-state index in [1.807, 2.05) is 30.3 Å². The first-order valence-corrected chi connectivity index (χ1v) is 11.4. The van der Waals surface area contributed by atoms with Gasteiger partial charge in [0.1, 0.15) is 0 Å². The van der Waals surface area contributed by atoms with Gasteiger partial charge in [0, 0.05) is 13.6 Å². The van der Waals surface area contributed by atoms with Gasteiger partial charge in [-0.25, -0.2) is 21.6 Å². The Bertz CT molecular complexity index is 1010. The van der Waals surface area contributed by atoms with Crippen LogP contribution in [0.3, 0.4) is 0 Å². The minimum Gasteiger partial charge on any atom is -0.273 e. The summed E-state index contributed by atoms with van der Waals surface area (Å²) in [6, 6.07) is 10.9. The summed E-state index contributed by atoms with van der Waals surface area (Å²) in [6.45, 7) is 5.27. The van der Waals surface area contributed by atoms with E-state index in [0.29, 0.717) is 22.4 Å². The molecule has 0 aliphatic rings. The molecule has 0 unspecified atom stereocenters. The number of benzene rings is 2. The van der Waals surface area contributed by atoms with Gasteiger partial charge < -0.3 is 0 Å². The second kappa shape index (κ2) is 7.38. The molecule has 2 aromatic rings. The molecule has 142 valence electrons. The summed E-state index contributed by atoms with van der Waals surface area (Å²) in [6.07, 6.45) is 1.09. The van der Waals surface area contributed by atoms with Crippen molar-refractivity contribution in [3.05, 3.63) is 58.7 Å². The predicted octanol–water partition coefficient (Wildman–Crippen LogP) is 2.49. The van der Waals surface area contributed by atoms with Crippen molar-refractivity contribution in [3.63, 3.8) is 0 Å². The van der Waals surface area contributed by atoms with Gasteiger partial charge in [-0.15, -0.1) is 0 Å². The zero-order chi connectivity index (χ0) is 19.7. The van der Waals surface area contributed by atoms with Gasteiger partial charge in [-0.3, -0.25) is 4.31 Å². The second-order valence-electron chi connectivity index (χ2n) is 6.35. The van der Waals surface area contributed by atoms with Crippen LogP contribution in [0.25, 0.3) is 0 Å². The lowest BCUT2D eigenvalue weighted by Crippen LogP contribution is -2.29. The Morgan fingerprint density at radius 3 is 2.08 bits per heavy atom. The average Bonchev–Trinajstić information content (AvgIpc) is 2.52. The Morgan fingerprint density at radius 2 is 1.54 bits per heavy atom. The van der Waals surface area contributed by atoms with Gasteiger partial charge >= 0.3 is 0 Å². The molecule has 0 heterocycles. The molecular formula is C18H24N2O4S2. The fourth-order valence-electron chi connectivity index (χ4n) is 3.07. The van der Waals surface area contributed by atoms with E-state index >= 15 is 0 Å². The lowest BCUT2D eigenvalue weighted by atomic mass is 10.1. The van der Waals surface area contributed by atoms with Crippen LogP contribution in [0.4, 0.5) is 5.69 Å². The van der Waals surface area contributed by atoms with Gasteiger partial charge in [0.25, 0.3) is 0 Å². The highest BCUT2D eigenvalue weighted by Crippen LogP contribution is 2.33. The Balaban J connectivity index is 2.51. The van der Waals surface area contributed by atoms with Gasteiger partial charge in [0.15, 0.2) is 0 Å². The van der Waals surface area contributed by atoms with Crippen LogP contribution in [0.15, 0.2) is 41.3 Å². The van der Waals surface area contributed by atoms with E-state index < -0.39 is 20.0 Å². The molecule has 0 aliphatic heterocycles. The van der Waals surface area contributed by atoms with E-state index in [0.717, 1.165) is 16.1 Å². The first kappa shape index (κ1) is 20.4. The zero-order valence-electron chi connectivity index (χ0n) is 15.6. The van der Waals surface area contributed by atoms with Crippen molar-refractivity contribution in [1.29, 1.82) is 0 Å². The van der Waals surface area contributed by atoms with Crippen molar-refractivity contribution in [2.24, 2.45) is 0 Å². The smallest absolute Gasteiger partial charge is 0.241 e. The summed E-state index contributed by atoms with van der Waals surface area (Å²) in [4.78, 5) is 0.115. The molecule has 1 N–H and O–H groups in total. The number of hydrogen-bond acceptors (Lipinski definition) is 4. The summed E-state index contributed by atoms with van der Waals surface area (Å²) < 4.78 is 53.4. The molecule has 0 saturated heterocycles. The van der Waals surface area contributed by atoms with Crippen LogP contribution in [-0.4, -0.2) is 30.1 Å². The molecule has 0 radical (unpaired) electrons. The van der Waals surface area contributed by atoms with Crippen molar-refractivity contribution < 1.29 is 16.8 Å². The lowest BCUT2D eigenvalue weighted by molar-refractivity contribution is 0.579. The number of rotatable bonds is 6. The van der Waals surface area contributed by atoms with Gasteiger partial charge in [-0.2, -0.15) is 0 Å². The lowest BCUT2D eigenvalue weighted by Gasteiger charge is -2.24. The molecule has 0 bridgehead atoms. The molecule has 0 amide bonds. The van der Waals surface area contributed by atoms with Crippen LogP contribution in [0.1, 0.15) is 22.3 Å². The SMILES string of the molecule is Cc1cc(C)c(S(=O)(=O)NCc2ccccc2)c(C)c1N(C)S(C)(=O)=O. The maximum atomic E-state index is 12.9. The van der Waals surface area contributed by atoms with E-state index in [1.54, 1.807) is 26.8 Å². The third-order valence-corrected chi connectivity index (χ3v) is 7.12. The molecule has 0 spiro atoms. The molecule has 26 heavy (non-hydrogen) atoms. The summed E-state index contributed by atoms with van der Waals surface area (Å²) in [7, 11) is -5.90. The van der Waals surface area contributed by atoms with Crippen molar-refractivity contribution in [2.75, 3.05) is 17.6 Å². The van der Waals surface area contributed by atoms with Gasteiger partial charge in [0.2, 0.25) is 20.0 Å². The standard InChI is InChI=1S/C18H24N2O4S2/c1-13-11-14(2)18(15(3)17(13)20(4)25(5,21)22)26(23,24)19-12-16-9-7-6-8-10-16/h6-11,19H,12H2,1-5H3. The molecule has 0 aliphatic carbocycles. The fraction of sp³-hybridized carbons (Fsp3) is 0.333. The molecule has 8 heteroatoms. The molecule has 2 aromatic carbocycles. The molecule has 6 nitrogen and oxygen atoms in total. The van der Waals surface area contributed by atoms with E-state index in [2.05, 4.69) is 4.72 Å². The summed E-state index contributed by atoms with van der Waals surface area (Å²) >= 11 is 0. The molecular weight excluding hydrogens is 372 g/mol. The van der Waals surface area contributed by atoms with E-state index in [-0.39, 0.29) is 11.4 Å². The maximum Gasteiger partial charge on any atom is 0.241 e. The minimum absolute atomic E-state index is 0.115. The first-order valence-electron chi connectivity index (χ1n) is 8.03. The Kier molecular flexibility index (Phi) is 5.79. The molecule has 0 atom stereocenters. The van der Waals surface area contributed by atoms with Crippen LogP contribution >= 0.6 is 0 Å². The first-order chi connectivity index (χ1) is 11.9. The fourth-order valence-corrected chi connectivity index (χ4v) is 5.16. The number of hydrogen-bond donors (Lipinski definition) is 1. The van der Waals surface area contributed by atoms with Crippen LogP contribution in [0.2, 0.25) is 0 Å². The Labute approximate surface area is 156 Å². The third kappa shape index (κ3) is 4.25. The number of anilines is 1. The zero-order valence-corrected chi connectivity index (χ0v) is 17.2. The second-order valence-corrected chi connectivity index (χ2v) is 10.1. The summed E-state index contributed by atoms with van der Waals surface area (Å²) in [5, 5.41) is 0. The van der Waals surface area contributed by atoms with Gasteiger partial charge in [0.05, 0.1) is 16.8 Å². The molecule has 2 rings (SSSR count). The quantitative estimate of drug-likeness (QED) is 0.813. The Morgan fingerprint density at radius 1 is 0.962 bits per heavy atom. The topological polar surface area (TPSA) is 83.6 Å². The van der Waals surface area contributed by atoms with Crippen molar-refractivity contribution in [1.82, 2.24) is 4.72 Å². The monoisotopic (exact) mass is 396 g/mol. The van der Waals surface area contributed by atoms with Crippen LogP contribution in [0.5, 0.6) is 0 Å². The van der Waals surface area contributed by atoms with E-state index in [4.69, 9.17) is 0 Å². The molecule has 0 aromatic heterocycles. The van der Waals surface area contributed by atoms with Crippen molar-refractivity contribution in [3.8, 4) is 0 Å². The van der Waals surface area contributed by atoms with Crippen LogP contribution in [0, 0.1) is 20.8 Å². The highest BCUT2D eigenvalue weighted by atomic mass is 32.2. The number of aryl methyl sites for hydroxylation is 2.